The summed E-state index contributed by atoms with van der Waals surface area (Å²) in [5.41, 5.74) is 0. The molecular formula is C6H4ClHg+. The number of hydrogen-bond donors (Lipinski definition) is 0. The van der Waals surface area contributed by atoms with Crippen LogP contribution in [0.2, 0.25) is 5.02 Å². The van der Waals surface area contributed by atoms with Gasteiger partial charge < -0.3 is 0 Å². The summed E-state index contributed by atoms with van der Waals surface area (Å²) in [5, 5.41) is 0.833. The van der Waals surface area contributed by atoms with E-state index in [2.05, 4.69) is 12.1 Å². The third-order valence-corrected chi connectivity index (χ3v) is 3.00. The molecule has 1 aromatic rings. The second-order valence-corrected chi connectivity index (χ2v) is 5.24. The van der Waals surface area contributed by atoms with E-state index < -0.39 is 0 Å². The molecule has 0 spiro atoms. The molecule has 0 heterocycles. The molecule has 0 unspecified atom stereocenters. The van der Waals surface area contributed by atoms with Crippen molar-refractivity contribution in [3.8, 4) is 0 Å². The van der Waals surface area contributed by atoms with Gasteiger partial charge in [0.2, 0.25) is 0 Å². The molecular weight excluding hydrogens is 308 g/mol. The van der Waals surface area contributed by atoms with E-state index in [1.165, 1.54) is 3.07 Å². The van der Waals surface area contributed by atoms with Crippen LogP contribution in [0.4, 0.5) is 0 Å². The third kappa shape index (κ3) is 1.75. The molecule has 0 fully saturated rings. The monoisotopic (exact) mass is 313 g/mol. The fourth-order valence-electron chi connectivity index (χ4n) is 0.484. The van der Waals surface area contributed by atoms with Gasteiger partial charge in [0.25, 0.3) is 0 Å². The Morgan fingerprint density at radius 1 is 1.12 bits per heavy atom. The van der Waals surface area contributed by atoms with Crippen molar-refractivity contribution >= 4 is 14.7 Å². The molecule has 0 saturated heterocycles. The van der Waals surface area contributed by atoms with E-state index in [-0.39, 0.29) is 0 Å². The molecule has 0 amide bonds. The zero-order valence-electron chi connectivity index (χ0n) is 4.39. The Bertz CT molecular complexity index is 147. The number of benzene rings is 1. The predicted octanol–water partition coefficient (Wildman–Crippen LogP) is 1.51. The molecule has 0 N–H and O–H groups in total. The molecule has 0 saturated carbocycles. The average Bonchev–Trinajstić information content (AvgIpc) is 1.77. The Morgan fingerprint density at radius 3 is 2.00 bits per heavy atom. The van der Waals surface area contributed by atoms with Crippen LogP contribution in [0, 0.1) is 0 Å². The van der Waals surface area contributed by atoms with Crippen LogP contribution in [0.1, 0.15) is 0 Å². The number of halogens is 1. The summed E-state index contributed by atoms with van der Waals surface area (Å²) in [5.74, 6) is 0. The van der Waals surface area contributed by atoms with E-state index in [1.54, 1.807) is 0 Å². The van der Waals surface area contributed by atoms with Gasteiger partial charge in [-0.2, -0.15) is 0 Å². The van der Waals surface area contributed by atoms with Crippen molar-refractivity contribution in [3.05, 3.63) is 29.3 Å². The molecule has 0 aliphatic carbocycles. The molecule has 0 bridgehead atoms. The third-order valence-electron chi connectivity index (χ3n) is 0.913. The van der Waals surface area contributed by atoms with E-state index in [1.807, 2.05) is 12.1 Å². The van der Waals surface area contributed by atoms with E-state index in [0.29, 0.717) is 0 Å². The standard InChI is InChI=1S/C6H4Cl.Hg/c7-6-4-2-1-3-5-6;/h2-5H;/q;+1. The second-order valence-electron chi connectivity index (χ2n) is 1.63. The van der Waals surface area contributed by atoms with Crippen LogP contribution < -0.4 is 3.07 Å². The summed E-state index contributed by atoms with van der Waals surface area (Å²) < 4.78 is 1.44. The minimum atomic E-state index is 0.743. The van der Waals surface area contributed by atoms with E-state index in [0.717, 1.165) is 31.1 Å². The summed E-state index contributed by atoms with van der Waals surface area (Å²) in [6, 6.07) is 8.02. The minimum absolute atomic E-state index is 0.743. The molecule has 0 aliphatic heterocycles. The molecule has 0 aromatic heterocycles. The predicted molar refractivity (Wildman–Crippen MR) is 31.1 cm³/mol. The fraction of sp³-hybridized carbons (Fsp3) is 0. The first kappa shape index (κ1) is 6.56. The molecule has 36 valence electrons. The van der Waals surface area contributed by atoms with Crippen molar-refractivity contribution in [2.45, 2.75) is 0 Å². The summed E-state index contributed by atoms with van der Waals surface area (Å²) in [6.45, 7) is 0. The van der Waals surface area contributed by atoms with E-state index in [9.17, 15) is 0 Å². The Morgan fingerprint density at radius 2 is 1.62 bits per heavy atom. The maximum absolute atomic E-state index is 5.63. The van der Waals surface area contributed by atoms with Gasteiger partial charge in [-0.1, -0.05) is 0 Å². The van der Waals surface area contributed by atoms with Crippen LogP contribution in [0.5, 0.6) is 0 Å². The normalized spacial score (nSPS) is 9.38. The molecule has 0 radical (unpaired) electrons. The fourth-order valence-corrected chi connectivity index (χ4v) is 1.53. The first-order valence-electron chi connectivity index (χ1n) is 2.36. The average molecular weight is 312 g/mol. The van der Waals surface area contributed by atoms with Gasteiger partial charge in [-0.05, 0) is 0 Å². The summed E-state index contributed by atoms with van der Waals surface area (Å²) >= 11 is 6.38. The van der Waals surface area contributed by atoms with Gasteiger partial charge in [-0.25, -0.2) is 0 Å². The summed E-state index contributed by atoms with van der Waals surface area (Å²) in [7, 11) is 0. The number of hydrogen-bond acceptors (Lipinski definition) is 0. The molecule has 2 heteroatoms. The van der Waals surface area contributed by atoms with Gasteiger partial charge in [0.15, 0.2) is 0 Å². The van der Waals surface area contributed by atoms with Gasteiger partial charge in [0.05, 0.1) is 0 Å². The van der Waals surface area contributed by atoms with Crippen molar-refractivity contribution in [2.24, 2.45) is 0 Å². The molecule has 0 aliphatic rings. The van der Waals surface area contributed by atoms with Crippen LogP contribution in [-0.2, 0) is 26.1 Å². The van der Waals surface area contributed by atoms with Crippen LogP contribution >= 0.6 is 11.6 Å². The topological polar surface area (TPSA) is 0 Å². The molecule has 1 aromatic carbocycles. The van der Waals surface area contributed by atoms with Crippen LogP contribution in [0.25, 0.3) is 0 Å². The van der Waals surface area contributed by atoms with Crippen molar-refractivity contribution in [1.29, 1.82) is 0 Å². The van der Waals surface area contributed by atoms with Crippen molar-refractivity contribution in [3.63, 3.8) is 0 Å². The Hall–Kier alpha value is 0.445. The van der Waals surface area contributed by atoms with Crippen molar-refractivity contribution < 1.29 is 26.1 Å². The Kier molecular flexibility index (Phi) is 2.33. The van der Waals surface area contributed by atoms with Crippen LogP contribution in [0.15, 0.2) is 24.3 Å². The molecule has 8 heavy (non-hydrogen) atoms. The molecule has 0 nitrogen and oxygen atoms in total. The number of rotatable bonds is 0. The SMILES string of the molecule is Clc1cc[c]([Hg+])cc1. The zero-order valence-corrected chi connectivity index (χ0v) is 10.6. The van der Waals surface area contributed by atoms with Gasteiger partial charge in [-0.15, -0.1) is 0 Å². The second kappa shape index (κ2) is 2.83. The van der Waals surface area contributed by atoms with Gasteiger partial charge in [0, 0.05) is 0 Å². The summed E-state index contributed by atoms with van der Waals surface area (Å²) in [4.78, 5) is 0. The van der Waals surface area contributed by atoms with E-state index in [4.69, 9.17) is 11.6 Å². The van der Waals surface area contributed by atoms with Crippen molar-refractivity contribution in [2.75, 3.05) is 0 Å². The maximum atomic E-state index is 5.63. The molecule has 0 atom stereocenters. The van der Waals surface area contributed by atoms with Crippen LogP contribution in [-0.4, -0.2) is 0 Å². The van der Waals surface area contributed by atoms with Gasteiger partial charge >= 0.3 is 70.1 Å². The van der Waals surface area contributed by atoms with Gasteiger partial charge in [-0.3, -0.25) is 0 Å². The Labute approximate surface area is 69.8 Å². The first-order chi connectivity index (χ1) is 3.79. The van der Waals surface area contributed by atoms with Crippen LogP contribution in [0.3, 0.4) is 0 Å². The Balaban J connectivity index is 3.03. The quantitative estimate of drug-likeness (QED) is 0.637. The molecule has 1 rings (SSSR count). The van der Waals surface area contributed by atoms with Crippen molar-refractivity contribution in [1.82, 2.24) is 0 Å². The summed E-state index contributed by atoms with van der Waals surface area (Å²) in [6.07, 6.45) is 0. The zero-order chi connectivity index (χ0) is 5.98. The van der Waals surface area contributed by atoms with Gasteiger partial charge in [0.1, 0.15) is 0 Å². The van der Waals surface area contributed by atoms with E-state index >= 15 is 0 Å². The first-order valence-corrected chi connectivity index (χ1v) is 5.49.